The number of carbonyl (C=O) groups is 2. The van der Waals surface area contributed by atoms with Crippen LogP contribution in [0.2, 0.25) is 0 Å². The van der Waals surface area contributed by atoms with Gasteiger partial charge in [-0.25, -0.2) is 9.97 Å². The lowest BCUT2D eigenvalue weighted by molar-refractivity contribution is -0.141. The van der Waals surface area contributed by atoms with Crippen LogP contribution in [0.4, 0.5) is 0 Å². The molecule has 0 saturated carbocycles. The molecule has 2 aliphatic rings. The molecule has 0 spiro atoms. The van der Waals surface area contributed by atoms with Gasteiger partial charge in [0.2, 0.25) is 11.8 Å². The van der Waals surface area contributed by atoms with Crippen molar-refractivity contribution in [1.29, 1.82) is 0 Å². The van der Waals surface area contributed by atoms with Gasteiger partial charge in [0, 0.05) is 45.2 Å². The largest absolute Gasteiger partial charge is 0.342 e. The monoisotopic (exact) mass is 355 g/mol. The van der Waals surface area contributed by atoms with Gasteiger partial charge in [-0.1, -0.05) is 0 Å². The number of nitrogens with one attached hydrogen (secondary N) is 1. The van der Waals surface area contributed by atoms with Crippen molar-refractivity contribution in [2.75, 3.05) is 26.2 Å². The molecule has 0 bridgehead atoms. The van der Waals surface area contributed by atoms with E-state index < -0.39 is 0 Å². The van der Waals surface area contributed by atoms with Crippen molar-refractivity contribution in [3.63, 3.8) is 0 Å². The van der Waals surface area contributed by atoms with Gasteiger partial charge in [0.15, 0.2) is 5.65 Å². The highest BCUT2D eigenvalue weighted by Crippen LogP contribution is 2.29. The van der Waals surface area contributed by atoms with Crippen molar-refractivity contribution >= 4 is 23.0 Å². The number of rotatable bonds is 2. The maximum Gasteiger partial charge on any atom is 0.227 e. The molecule has 7 heteroatoms. The number of piperidine rings is 2. The Labute approximate surface area is 152 Å². The highest BCUT2D eigenvalue weighted by atomic mass is 16.2. The molecule has 2 saturated heterocycles. The van der Waals surface area contributed by atoms with Crippen LogP contribution >= 0.6 is 0 Å². The summed E-state index contributed by atoms with van der Waals surface area (Å²) in [5.41, 5.74) is 1.72. The summed E-state index contributed by atoms with van der Waals surface area (Å²) in [5.74, 6) is 1.56. The molecule has 4 rings (SSSR count). The molecule has 1 unspecified atom stereocenters. The smallest absolute Gasteiger partial charge is 0.227 e. The fourth-order valence-corrected chi connectivity index (χ4v) is 4.15. The highest BCUT2D eigenvalue weighted by molar-refractivity contribution is 5.81. The molecule has 1 atom stereocenters. The number of hydrogen-bond acceptors (Lipinski definition) is 4. The summed E-state index contributed by atoms with van der Waals surface area (Å²) in [5, 5.41) is 0. The van der Waals surface area contributed by atoms with Crippen molar-refractivity contribution in [3.8, 4) is 0 Å². The Morgan fingerprint density at radius 1 is 1.15 bits per heavy atom. The average Bonchev–Trinajstić information content (AvgIpc) is 3.12. The topological polar surface area (TPSA) is 82.2 Å². The Kier molecular flexibility index (Phi) is 4.61. The van der Waals surface area contributed by atoms with Crippen LogP contribution in [0.5, 0.6) is 0 Å². The van der Waals surface area contributed by atoms with Gasteiger partial charge in [-0.3, -0.25) is 9.59 Å². The number of likely N-dealkylation sites (tertiary alicyclic amines) is 2. The van der Waals surface area contributed by atoms with Crippen LogP contribution in [-0.2, 0) is 9.59 Å². The summed E-state index contributed by atoms with van der Waals surface area (Å²) < 4.78 is 0. The van der Waals surface area contributed by atoms with Crippen LogP contribution in [0, 0.1) is 5.92 Å². The SMILES string of the molecule is CC(=O)N1CCCC(C(=O)N2CCC(c3nc4ncccc4[nH]3)CC2)C1. The number of aromatic nitrogens is 3. The van der Waals surface area contributed by atoms with E-state index in [1.54, 1.807) is 18.0 Å². The van der Waals surface area contributed by atoms with Gasteiger partial charge >= 0.3 is 0 Å². The maximum atomic E-state index is 12.9. The molecule has 2 amide bonds. The standard InChI is InChI=1S/C19H25N5O2/c1-13(25)24-9-3-4-15(12-24)19(26)23-10-6-14(7-11-23)17-21-16-5-2-8-20-18(16)22-17/h2,5,8,14-15H,3-4,6-7,9-12H2,1H3,(H,20,21,22). The molecule has 7 nitrogen and oxygen atoms in total. The van der Waals surface area contributed by atoms with Crippen molar-refractivity contribution in [2.24, 2.45) is 5.92 Å². The summed E-state index contributed by atoms with van der Waals surface area (Å²) in [6.07, 6.45) is 5.38. The zero-order valence-corrected chi connectivity index (χ0v) is 15.1. The third kappa shape index (κ3) is 3.30. The van der Waals surface area contributed by atoms with Crippen LogP contribution in [0.25, 0.3) is 11.2 Å². The lowest BCUT2D eigenvalue weighted by Gasteiger charge is -2.37. The maximum absolute atomic E-state index is 12.9. The molecule has 2 fully saturated rings. The number of nitrogens with zero attached hydrogens (tertiary/aromatic N) is 4. The van der Waals surface area contributed by atoms with Gasteiger partial charge in [-0.05, 0) is 37.8 Å². The summed E-state index contributed by atoms with van der Waals surface area (Å²) in [6, 6.07) is 3.89. The first-order valence-corrected chi connectivity index (χ1v) is 9.47. The molecular formula is C19H25N5O2. The summed E-state index contributed by atoms with van der Waals surface area (Å²) in [7, 11) is 0. The average molecular weight is 355 g/mol. The lowest BCUT2D eigenvalue weighted by Crippen LogP contribution is -2.48. The van der Waals surface area contributed by atoms with Gasteiger partial charge in [0.25, 0.3) is 0 Å². The first kappa shape index (κ1) is 17.0. The van der Waals surface area contributed by atoms with Gasteiger partial charge in [-0.2, -0.15) is 0 Å². The van der Waals surface area contributed by atoms with Crippen LogP contribution in [0.3, 0.4) is 0 Å². The second-order valence-corrected chi connectivity index (χ2v) is 7.40. The van der Waals surface area contributed by atoms with E-state index in [0.29, 0.717) is 12.5 Å². The number of fused-ring (bicyclic) bond motifs is 1. The fraction of sp³-hybridized carbons (Fsp3) is 0.579. The van der Waals surface area contributed by atoms with Gasteiger partial charge in [-0.15, -0.1) is 0 Å². The molecular weight excluding hydrogens is 330 g/mol. The molecule has 138 valence electrons. The quantitative estimate of drug-likeness (QED) is 0.892. The predicted octanol–water partition coefficient (Wildman–Crippen LogP) is 1.92. The Hall–Kier alpha value is -2.44. The van der Waals surface area contributed by atoms with Gasteiger partial charge in [0.05, 0.1) is 11.4 Å². The molecule has 26 heavy (non-hydrogen) atoms. The minimum absolute atomic E-state index is 0.0420. The second-order valence-electron chi connectivity index (χ2n) is 7.40. The summed E-state index contributed by atoms with van der Waals surface area (Å²) >= 11 is 0. The first-order valence-electron chi connectivity index (χ1n) is 9.47. The van der Waals surface area contributed by atoms with E-state index in [1.165, 1.54) is 0 Å². The number of imidazole rings is 1. The van der Waals surface area contributed by atoms with Gasteiger partial charge in [0.1, 0.15) is 5.82 Å². The molecule has 1 N–H and O–H groups in total. The third-order valence-corrected chi connectivity index (χ3v) is 5.69. The van der Waals surface area contributed by atoms with Gasteiger partial charge < -0.3 is 14.8 Å². The van der Waals surface area contributed by atoms with Crippen LogP contribution in [0.1, 0.15) is 44.3 Å². The van der Waals surface area contributed by atoms with E-state index in [9.17, 15) is 9.59 Å². The highest BCUT2D eigenvalue weighted by Gasteiger charge is 2.33. The number of amides is 2. The summed E-state index contributed by atoms with van der Waals surface area (Å²) in [6.45, 7) is 4.44. The predicted molar refractivity (Wildman–Crippen MR) is 97.4 cm³/mol. The van der Waals surface area contributed by atoms with E-state index in [0.717, 1.165) is 62.3 Å². The minimum Gasteiger partial charge on any atom is -0.342 e. The fourth-order valence-electron chi connectivity index (χ4n) is 4.15. The zero-order valence-electron chi connectivity index (χ0n) is 15.1. The minimum atomic E-state index is -0.0420. The van der Waals surface area contributed by atoms with Crippen molar-refractivity contribution in [3.05, 3.63) is 24.2 Å². The molecule has 0 aromatic carbocycles. The van der Waals surface area contributed by atoms with Crippen LogP contribution in [0.15, 0.2) is 18.3 Å². The third-order valence-electron chi connectivity index (χ3n) is 5.69. The molecule has 2 aromatic heterocycles. The normalized spacial score (nSPS) is 22.0. The number of H-pyrrole nitrogens is 1. The Morgan fingerprint density at radius 3 is 2.69 bits per heavy atom. The summed E-state index contributed by atoms with van der Waals surface area (Å²) in [4.78, 5) is 40.5. The Morgan fingerprint density at radius 2 is 1.96 bits per heavy atom. The molecule has 0 aliphatic carbocycles. The Balaban J connectivity index is 1.37. The number of hydrogen-bond donors (Lipinski definition) is 1. The zero-order chi connectivity index (χ0) is 18.1. The first-order chi connectivity index (χ1) is 12.6. The second kappa shape index (κ2) is 7.05. The van der Waals surface area contributed by atoms with Crippen molar-refractivity contribution in [2.45, 2.75) is 38.5 Å². The molecule has 2 aliphatic heterocycles. The van der Waals surface area contributed by atoms with Crippen LogP contribution in [-0.4, -0.2) is 62.7 Å². The van der Waals surface area contributed by atoms with E-state index in [2.05, 4.69) is 15.0 Å². The van der Waals surface area contributed by atoms with E-state index in [-0.39, 0.29) is 17.7 Å². The molecule has 0 radical (unpaired) electrons. The number of pyridine rings is 1. The lowest BCUT2D eigenvalue weighted by atomic mass is 9.92. The van der Waals surface area contributed by atoms with E-state index in [4.69, 9.17) is 0 Å². The molecule has 2 aromatic rings. The van der Waals surface area contributed by atoms with E-state index >= 15 is 0 Å². The molecule has 4 heterocycles. The Bertz CT molecular complexity index is 776. The van der Waals surface area contributed by atoms with Crippen molar-refractivity contribution in [1.82, 2.24) is 24.8 Å². The number of aromatic amines is 1. The van der Waals surface area contributed by atoms with Crippen LogP contribution < -0.4 is 0 Å². The van der Waals surface area contributed by atoms with Crippen molar-refractivity contribution < 1.29 is 9.59 Å². The number of carbonyl (C=O) groups excluding carboxylic acids is 2. The van der Waals surface area contributed by atoms with E-state index in [1.807, 2.05) is 17.0 Å².